The molecule has 0 fully saturated rings. The summed E-state index contributed by atoms with van der Waals surface area (Å²) in [5.41, 5.74) is 0.248. The number of rotatable bonds is 5. The van der Waals surface area contributed by atoms with Crippen LogP contribution < -0.4 is 0 Å². The molecule has 3 heteroatoms. The van der Waals surface area contributed by atoms with Crippen molar-refractivity contribution in [3.63, 3.8) is 0 Å². The van der Waals surface area contributed by atoms with Gasteiger partial charge in [0.2, 0.25) is 0 Å². The molecular formula is C9H17NO2. The molecule has 3 nitrogen and oxygen atoms in total. The quantitative estimate of drug-likeness (QED) is 0.632. The number of hydrogen-bond acceptors (Lipinski definition) is 2. The molecular weight excluding hydrogens is 154 g/mol. The van der Waals surface area contributed by atoms with E-state index in [2.05, 4.69) is 20.4 Å². The average molecular weight is 171 g/mol. The second-order valence-corrected chi connectivity index (χ2v) is 3.50. The van der Waals surface area contributed by atoms with Crippen LogP contribution in [0.25, 0.3) is 0 Å². The Labute approximate surface area is 73.7 Å². The maximum atomic E-state index is 10.4. The third-order valence-electron chi connectivity index (χ3n) is 1.44. The van der Waals surface area contributed by atoms with E-state index in [0.29, 0.717) is 12.5 Å². The predicted octanol–water partition coefficient (Wildman–Crippen LogP) is 1.21. The van der Waals surface area contributed by atoms with Crippen molar-refractivity contribution in [3.05, 3.63) is 12.2 Å². The van der Waals surface area contributed by atoms with Gasteiger partial charge in [0.1, 0.15) is 0 Å². The van der Waals surface area contributed by atoms with E-state index in [4.69, 9.17) is 5.11 Å². The molecule has 0 aliphatic heterocycles. The topological polar surface area (TPSA) is 40.5 Å². The van der Waals surface area contributed by atoms with Crippen molar-refractivity contribution in [3.8, 4) is 0 Å². The van der Waals surface area contributed by atoms with Gasteiger partial charge in [-0.3, -0.25) is 0 Å². The van der Waals surface area contributed by atoms with Crippen molar-refractivity contribution in [2.45, 2.75) is 13.8 Å². The Morgan fingerprint density at radius 3 is 2.42 bits per heavy atom. The van der Waals surface area contributed by atoms with Gasteiger partial charge < -0.3 is 10.0 Å². The van der Waals surface area contributed by atoms with Crippen LogP contribution in [0.3, 0.4) is 0 Å². The zero-order valence-corrected chi connectivity index (χ0v) is 8.00. The molecule has 0 bridgehead atoms. The van der Waals surface area contributed by atoms with Crippen LogP contribution in [0.1, 0.15) is 13.8 Å². The summed E-state index contributed by atoms with van der Waals surface area (Å²) in [7, 11) is 1.90. The monoisotopic (exact) mass is 171 g/mol. The first-order chi connectivity index (χ1) is 5.43. The zero-order valence-electron chi connectivity index (χ0n) is 8.00. The maximum absolute atomic E-state index is 10.4. The van der Waals surface area contributed by atoms with E-state index in [1.54, 1.807) is 0 Å². The highest BCUT2D eigenvalue weighted by molar-refractivity contribution is 5.86. The number of carboxylic acids is 1. The molecule has 0 saturated carbocycles. The lowest BCUT2D eigenvalue weighted by molar-refractivity contribution is -0.132. The molecule has 0 aliphatic rings. The van der Waals surface area contributed by atoms with Crippen molar-refractivity contribution in [1.29, 1.82) is 0 Å². The molecule has 0 aromatic heterocycles. The van der Waals surface area contributed by atoms with E-state index in [0.717, 1.165) is 6.54 Å². The molecule has 0 unspecified atom stereocenters. The lowest BCUT2D eigenvalue weighted by atomic mass is 10.2. The van der Waals surface area contributed by atoms with Crippen LogP contribution in [0.2, 0.25) is 0 Å². The SMILES string of the molecule is C=C(CN(C)CC(C)C)C(=O)O. The molecule has 0 radical (unpaired) electrons. The fraction of sp³-hybridized carbons (Fsp3) is 0.667. The number of carbonyl (C=O) groups is 1. The molecule has 0 aromatic carbocycles. The third kappa shape index (κ3) is 4.91. The van der Waals surface area contributed by atoms with Crippen LogP contribution in [0.15, 0.2) is 12.2 Å². The van der Waals surface area contributed by atoms with Gasteiger partial charge in [0.05, 0.1) is 0 Å². The Balaban J connectivity index is 3.76. The van der Waals surface area contributed by atoms with Crippen LogP contribution in [-0.4, -0.2) is 36.1 Å². The van der Waals surface area contributed by atoms with Gasteiger partial charge in [-0.2, -0.15) is 0 Å². The van der Waals surface area contributed by atoms with Crippen LogP contribution >= 0.6 is 0 Å². The highest BCUT2D eigenvalue weighted by Gasteiger charge is 2.08. The number of likely N-dealkylation sites (N-methyl/N-ethyl adjacent to an activating group) is 1. The second kappa shape index (κ2) is 4.93. The summed E-state index contributed by atoms with van der Waals surface area (Å²) in [4.78, 5) is 12.4. The fourth-order valence-electron chi connectivity index (χ4n) is 1.08. The molecule has 0 atom stereocenters. The van der Waals surface area contributed by atoms with Crippen molar-refractivity contribution < 1.29 is 9.90 Å². The number of carboxylic acid groups (broad SMARTS) is 1. The Hall–Kier alpha value is -0.830. The smallest absolute Gasteiger partial charge is 0.332 e. The summed E-state index contributed by atoms with van der Waals surface area (Å²) in [6.45, 7) is 8.99. The standard InChI is InChI=1S/C9H17NO2/c1-7(2)5-10(4)6-8(3)9(11)12/h7H,3,5-6H2,1-2,4H3,(H,11,12). The summed E-state index contributed by atoms with van der Waals surface area (Å²) >= 11 is 0. The lowest BCUT2D eigenvalue weighted by Gasteiger charge is -2.18. The molecule has 0 aromatic rings. The summed E-state index contributed by atoms with van der Waals surface area (Å²) in [5, 5.41) is 8.54. The van der Waals surface area contributed by atoms with Gasteiger partial charge in [0.15, 0.2) is 0 Å². The molecule has 1 N–H and O–H groups in total. The van der Waals surface area contributed by atoms with Crippen molar-refractivity contribution in [2.75, 3.05) is 20.1 Å². The first-order valence-corrected chi connectivity index (χ1v) is 4.03. The molecule has 0 aliphatic carbocycles. The van der Waals surface area contributed by atoms with Crippen LogP contribution in [0.5, 0.6) is 0 Å². The summed E-state index contributed by atoms with van der Waals surface area (Å²) < 4.78 is 0. The van der Waals surface area contributed by atoms with E-state index in [-0.39, 0.29) is 5.57 Å². The molecule has 0 amide bonds. The van der Waals surface area contributed by atoms with E-state index < -0.39 is 5.97 Å². The minimum atomic E-state index is -0.911. The largest absolute Gasteiger partial charge is 0.478 e. The van der Waals surface area contributed by atoms with E-state index in [1.807, 2.05) is 11.9 Å². The van der Waals surface area contributed by atoms with E-state index >= 15 is 0 Å². The van der Waals surface area contributed by atoms with Gasteiger partial charge >= 0.3 is 5.97 Å². The van der Waals surface area contributed by atoms with Gasteiger partial charge in [-0.1, -0.05) is 20.4 Å². The maximum Gasteiger partial charge on any atom is 0.332 e. The fourth-order valence-corrected chi connectivity index (χ4v) is 1.08. The zero-order chi connectivity index (χ0) is 9.72. The second-order valence-electron chi connectivity index (χ2n) is 3.50. The first-order valence-electron chi connectivity index (χ1n) is 4.03. The third-order valence-corrected chi connectivity index (χ3v) is 1.44. The molecule has 0 spiro atoms. The Morgan fingerprint density at radius 1 is 1.58 bits per heavy atom. The number of aliphatic carboxylic acids is 1. The average Bonchev–Trinajstić information content (AvgIpc) is 1.84. The Kier molecular flexibility index (Phi) is 4.59. The minimum absolute atomic E-state index is 0.248. The Morgan fingerprint density at radius 2 is 2.08 bits per heavy atom. The van der Waals surface area contributed by atoms with E-state index in [1.165, 1.54) is 0 Å². The molecule has 0 heterocycles. The minimum Gasteiger partial charge on any atom is -0.478 e. The van der Waals surface area contributed by atoms with Crippen LogP contribution in [0.4, 0.5) is 0 Å². The number of hydrogen-bond donors (Lipinski definition) is 1. The Bertz CT molecular complexity index is 175. The lowest BCUT2D eigenvalue weighted by Crippen LogP contribution is -2.27. The summed E-state index contributed by atoms with van der Waals surface area (Å²) in [5.74, 6) is -0.359. The highest BCUT2D eigenvalue weighted by atomic mass is 16.4. The number of nitrogens with zero attached hydrogens (tertiary/aromatic N) is 1. The van der Waals surface area contributed by atoms with E-state index in [9.17, 15) is 4.79 Å². The highest BCUT2D eigenvalue weighted by Crippen LogP contribution is 1.99. The van der Waals surface area contributed by atoms with Crippen molar-refractivity contribution in [2.24, 2.45) is 5.92 Å². The van der Waals surface area contributed by atoms with Gasteiger partial charge in [0.25, 0.3) is 0 Å². The van der Waals surface area contributed by atoms with Gasteiger partial charge in [-0.25, -0.2) is 4.79 Å². The molecule has 70 valence electrons. The van der Waals surface area contributed by atoms with Gasteiger partial charge in [0, 0.05) is 18.7 Å². The molecule has 0 rings (SSSR count). The summed E-state index contributed by atoms with van der Waals surface area (Å²) in [6.07, 6.45) is 0. The summed E-state index contributed by atoms with van der Waals surface area (Å²) in [6, 6.07) is 0. The van der Waals surface area contributed by atoms with Crippen LogP contribution in [-0.2, 0) is 4.79 Å². The van der Waals surface area contributed by atoms with Crippen molar-refractivity contribution >= 4 is 5.97 Å². The molecule has 0 saturated heterocycles. The predicted molar refractivity (Wildman–Crippen MR) is 49.1 cm³/mol. The van der Waals surface area contributed by atoms with Crippen molar-refractivity contribution in [1.82, 2.24) is 4.90 Å². The van der Waals surface area contributed by atoms with Gasteiger partial charge in [-0.05, 0) is 13.0 Å². The van der Waals surface area contributed by atoms with Crippen LogP contribution in [0, 0.1) is 5.92 Å². The van der Waals surface area contributed by atoms with Gasteiger partial charge in [-0.15, -0.1) is 0 Å². The first kappa shape index (κ1) is 11.2. The molecule has 12 heavy (non-hydrogen) atoms. The normalized spacial score (nSPS) is 10.8.